The maximum atomic E-state index is 13.0. The van der Waals surface area contributed by atoms with Crippen LogP contribution in [0.1, 0.15) is 40.0 Å². The molecule has 6 nitrogen and oxygen atoms in total. The van der Waals surface area contributed by atoms with E-state index < -0.39 is 0 Å². The van der Waals surface area contributed by atoms with E-state index >= 15 is 0 Å². The van der Waals surface area contributed by atoms with Gasteiger partial charge >= 0.3 is 0 Å². The molecule has 1 saturated heterocycles. The maximum Gasteiger partial charge on any atom is 0.259 e. The number of halogens is 1. The average molecular weight is 461 g/mol. The van der Waals surface area contributed by atoms with Gasteiger partial charge in [0.25, 0.3) is 11.8 Å². The van der Waals surface area contributed by atoms with Crippen LogP contribution in [0.2, 0.25) is 0 Å². The van der Waals surface area contributed by atoms with Crippen molar-refractivity contribution >= 4 is 33.4 Å². The molecular formula is C22H25BrN2O4. The number of hydrogen-bond acceptors (Lipinski definition) is 4. The predicted octanol–water partition coefficient (Wildman–Crippen LogP) is 4.35. The molecule has 1 N–H and O–H groups in total. The number of rotatable bonds is 7. The van der Waals surface area contributed by atoms with E-state index in [1.54, 1.807) is 37.4 Å². The molecule has 154 valence electrons. The smallest absolute Gasteiger partial charge is 0.259 e. The minimum atomic E-state index is -0.336. The molecule has 3 rings (SSSR count). The van der Waals surface area contributed by atoms with Crippen molar-refractivity contribution in [3.8, 4) is 5.75 Å². The Morgan fingerprint density at radius 3 is 2.55 bits per heavy atom. The zero-order chi connectivity index (χ0) is 20.6. The van der Waals surface area contributed by atoms with Gasteiger partial charge in [0.1, 0.15) is 12.4 Å². The summed E-state index contributed by atoms with van der Waals surface area (Å²) in [5.41, 5.74) is 1.38. The topological polar surface area (TPSA) is 67.9 Å². The van der Waals surface area contributed by atoms with Crippen molar-refractivity contribution in [2.45, 2.75) is 19.3 Å². The van der Waals surface area contributed by atoms with Crippen LogP contribution in [0.5, 0.6) is 5.75 Å². The second-order valence-corrected chi connectivity index (χ2v) is 7.75. The average Bonchev–Trinajstić information content (AvgIpc) is 2.75. The Balaban J connectivity index is 1.81. The van der Waals surface area contributed by atoms with Gasteiger partial charge in [-0.2, -0.15) is 0 Å². The number of amides is 2. The van der Waals surface area contributed by atoms with Crippen molar-refractivity contribution < 1.29 is 19.1 Å². The van der Waals surface area contributed by atoms with E-state index in [0.717, 1.165) is 36.8 Å². The summed E-state index contributed by atoms with van der Waals surface area (Å²) in [4.78, 5) is 27.8. The summed E-state index contributed by atoms with van der Waals surface area (Å²) >= 11 is 3.40. The van der Waals surface area contributed by atoms with Gasteiger partial charge in [-0.1, -0.05) is 28.1 Å². The van der Waals surface area contributed by atoms with Crippen LogP contribution in [0.15, 0.2) is 46.9 Å². The standard InChI is InChI=1S/C22H25BrN2O4/c1-28-13-14-29-20-10-9-16(23)15-18(20)21(26)24-19-8-4-3-7-17(19)22(27)25-11-5-2-6-12-25/h3-4,7-10,15H,2,5-6,11-14H2,1H3,(H,24,26). The monoisotopic (exact) mass is 460 g/mol. The van der Waals surface area contributed by atoms with Crippen LogP contribution in [0.4, 0.5) is 5.69 Å². The first-order valence-electron chi connectivity index (χ1n) is 9.71. The van der Waals surface area contributed by atoms with E-state index in [-0.39, 0.29) is 11.8 Å². The van der Waals surface area contributed by atoms with Gasteiger partial charge in [0.15, 0.2) is 0 Å². The van der Waals surface area contributed by atoms with Gasteiger partial charge in [-0.05, 0) is 49.6 Å². The Labute approximate surface area is 179 Å². The fourth-order valence-corrected chi connectivity index (χ4v) is 3.64. The fourth-order valence-electron chi connectivity index (χ4n) is 3.28. The molecule has 0 atom stereocenters. The fraction of sp³-hybridized carbons (Fsp3) is 0.364. The van der Waals surface area contributed by atoms with Crippen molar-refractivity contribution in [1.29, 1.82) is 0 Å². The SMILES string of the molecule is COCCOc1ccc(Br)cc1C(=O)Nc1ccccc1C(=O)N1CCCCC1. The highest BCUT2D eigenvalue weighted by Crippen LogP contribution is 2.26. The number of nitrogens with one attached hydrogen (secondary N) is 1. The molecule has 29 heavy (non-hydrogen) atoms. The third-order valence-electron chi connectivity index (χ3n) is 4.78. The third kappa shape index (κ3) is 5.58. The zero-order valence-electron chi connectivity index (χ0n) is 16.4. The van der Waals surface area contributed by atoms with E-state index in [1.807, 2.05) is 17.0 Å². The van der Waals surface area contributed by atoms with Crippen LogP contribution in [0.25, 0.3) is 0 Å². The summed E-state index contributed by atoms with van der Waals surface area (Å²) in [5, 5.41) is 2.89. The minimum Gasteiger partial charge on any atom is -0.490 e. The molecule has 0 radical (unpaired) electrons. The molecule has 2 amide bonds. The van der Waals surface area contributed by atoms with Crippen LogP contribution in [0.3, 0.4) is 0 Å². The van der Waals surface area contributed by atoms with E-state index in [0.29, 0.717) is 35.8 Å². The molecule has 1 fully saturated rings. The Morgan fingerprint density at radius 2 is 1.79 bits per heavy atom. The molecule has 7 heteroatoms. The third-order valence-corrected chi connectivity index (χ3v) is 5.27. The lowest BCUT2D eigenvalue weighted by molar-refractivity contribution is 0.0725. The lowest BCUT2D eigenvalue weighted by atomic mass is 10.1. The van der Waals surface area contributed by atoms with E-state index in [9.17, 15) is 9.59 Å². The molecule has 2 aromatic rings. The van der Waals surface area contributed by atoms with Crippen molar-refractivity contribution in [2.75, 3.05) is 38.7 Å². The van der Waals surface area contributed by atoms with Crippen molar-refractivity contribution in [3.05, 3.63) is 58.1 Å². The lowest BCUT2D eigenvalue weighted by Gasteiger charge is -2.27. The van der Waals surface area contributed by atoms with E-state index in [1.165, 1.54) is 0 Å². The molecule has 0 saturated carbocycles. The van der Waals surface area contributed by atoms with Gasteiger partial charge in [-0.25, -0.2) is 0 Å². The number of carbonyl (C=O) groups is 2. The van der Waals surface area contributed by atoms with Gasteiger partial charge in [-0.15, -0.1) is 0 Å². The number of para-hydroxylation sites is 1. The summed E-state index contributed by atoms with van der Waals surface area (Å²) in [6.45, 7) is 2.27. The van der Waals surface area contributed by atoms with Crippen LogP contribution in [-0.2, 0) is 4.74 Å². The summed E-state index contributed by atoms with van der Waals surface area (Å²) in [6.07, 6.45) is 3.18. The normalized spacial score (nSPS) is 13.8. The van der Waals surface area contributed by atoms with Crippen molar-refractivity contribution in [1.82, 2.24) is 4.90 Å². The molecule has 2 aromatic carbocycles. The second kappa shape index (κ2) is 10.4. The first kappa shape index (κ1) is 21.3. The summed E-state index contributed by atoms with van der Waals surface area (Å²) in [7, 11) is 1.59. The van der Waals surface area contributed by atoms with Crippen LogP contribution in [-0.4, -0.2) is 50.1 Å². The molecule has 0 aliphatic carbocycles. The minimum absolute atomic E-state index is 0.0496. The van der Waals surface area contributed by atoms with Crippen LogP contribution < -0.4 is 10.1 Å². The molecule has 1 aliphatic rings. The quantitative estimate of drug-likeness (QED) is 0.623. The number of hydrogen-bond donors (Lipinski definition) is 1. The zero-order valence-corrected chi connectivity index (χ0v) is 18.0. The van der Waals surface area contributed by atoms with Gasteiger partial charge in [0.05, 0.1) is 23.4 Å². The highest BCUT2D eigenvalue weighted by atomic mass is 79.9. The molecule has 0 bridgehead atoms. The number of anilines is 1. The van der Waals surface area contributed by atoms with Crippen LogP contribution >= 0.6 is 15.9 Å². The molecule has 0 unspecified atom stereocenters. The molecule has 1 aliphatic heterocycles. The first-order chi connectivity index (χ1) is 14.1. The summed E-state index contributed by atoms with van der Waals surface area (Å²) < 4.78 is 11.5. The summed E-state index contributed by atoms with van der Waals surface area (Å²) in [6, 6.07) is 12.4. The van der Waals surface area contributed by atoms with Crippen LogP contribution in [0, 0.1) is 0 Å². The van der Waals surface area contributed by atoms with E-state index in [2.05, 4.69) is 21.2 Å². The number of methoxy groups -OCH3 is 1. The highest BCUT2D eigenvalue weighted by Gasteiger charge is 2.22. The molecule has 0 aromatic heterocycles. The predicted molar refractivity (Wildman–Crippen MR) is 116 cm³/mol. The number of ether oxygens (including phenoxy) is 2. The Bertz CT molecular complexity index is 866. The molecule has 1 heterocycles. The van der Waals surface area contributed by atoms with Crippen molar-refractivity contribution in [3.63, 3.8) is 0 Å². The number of carbonyl (C=O) groups excluding carboxylic acids is 2. The maximum absolute atomic E-state index is 13.0. The Morgan fingerprint density at radius 1 is 1.03 bits per heavy atom. The van der Waals surface area contributed by atoms with Gasteiger partial charge < -0.3 is 19.7 Å². The molecular weight excluding hydrogens is 436 g/mol. The van der Waals surface area contributed by atoms with Gasteiger partial charge in [-0.3, -0.25) is 9.59 Å². The first-order valence-corrected chi connectivity index (χ1v) is 10.5. The lowest BCUT2D eigenvalue weighted by Crippen LogP contribution is -2.36. The second-order valence-electron chi connectivity index (χ2n) is 6.83. The highest BCUT2D eigenvalue weighted by molar-refractivity contribution is 9.10. The number of benzene rings is 2. The van der Waals surface area contributed by atoms with Crippen molar-refractivity contribution in [2.24, 2.45) is 0 Å². The molecule has 0 spiro atoms. The van der Waals surface area contributed by atoms with E-state index in [4.69, 9.17) is 9.47 Å². The van der Waals surface area contributed by atoms with Gasteiger partial charge in [0, 0.05) is 24.7 Å². The number of likely N-dealkylation sites (tertiary alicyclic amines) is 1. The Kier molecular flexibility index (Phi) is 7.66. The van der Waals surface area contributed by atoms with Gasteiger partial charge in [0.2, 0.25) is 0 Å². The largest absolute Gasteiger partial charge is 0.490 e. The Hall–Kier alpha value is -2.38. The number of piperidine rings is 1. The summed E-state index contributed by atoms with van der Waals surface area (Å²) in [5.74, 6) is 0.0756. The number of nitrogens with zero attached hydrogens (tertiary/aromatic N) is 1.